The van der Waals surface area contributed by atoms with Crippen LogP contribution < -0.4 is 35.3 Å². The van der Waals surface area contributed by atoms with Gasteiger partial charge in [-0.2, -0.15) is 0 Å². The highest BCUT2D eigenvalue weighted by atomic mass is 127. The second-order valence-electron chi connectivity index (χ2n) is 21.7. The summed E-state index contributed by atoms with van der Waals surface area (Å²) in [5, 5.41) is 55.4. The number of aromatic nitrogens is 14. The molecule has 2 aromatic carbocycles. The number of alkyl halides is 1. The molecule has 0 radical (unpaired) electrons. The van der Waals surface area contributed by atoms with E-state index in [0.29, 0.717) is 28.4 Å². The van der Waals surface area contributed by atoms with Crippen molar-refractivity contribution < 1.29 is 38.2 Å². The number of aliphatic hydroxyl groups is 2. The summed E-state index contributed by atoms with van der Waals surface area (Å²) in [6.45, 7) is 29.5. The number of phenolic OH excluding ortho intramolecular Hbond substituents is 1. The van der Waals surface area contributed by atoms with E-state index in [9.17, 15) is 24.4 Å². The molecule has 4 aliphatic heterocycles. The summed E-state index contributed by atoms with van der Waals surface area (Å²) in [4.78, 5) is 57.7. The number of benzene rings is 2. The molecule has 31 heteroatoms. The van der Waals surface area contributed by atoms with Crippen LogP contribution in [0, 0.1) is 34.6 Å². The molecule has 28 nitrogen and oxygen atoms in total. The van der Waals surface area contributed by atoms with Gasteiger partial charge in [-0.3, -0.25) is 9.80 Å². The summed E-state index contributed by atoms with van der Waals surface area (Å²) < 4.78 is 36.9. The first-order chi connectivity index (χ1) is 38.5. The third-order valence-electron chi connectivity index (χ3n) is 14.4. The molecule has 432 valence electrons. The molecule has 6 atom stereocenters. The monoisotopic (exact) mass is 1240 g/mol. The van der Waals surface area contributed by atoms with Crippen molar-refractivity contribution in [1.29, 1.82) is 0 Å². The zero-order valence-corrected chi connectivity index (χ0v) is 48.3. The van der Waals surface area contributed by atoms with Gasteiger partial charge in [-0.15, -0.1) is 0 Å². The predicted molar refractivity (Wildman–Crippen MR) is 301 cm³/mol. The zero-order chi connectivity index (χ0) is 58.5. The maximum atomic E-state index is 15.2. The quantitative estimate of drug-likeness (QED) is 0.0236. The fourth-order valence-corrected chi connectivity index (χ4v) is 10.9. The van der Waals surface area contributed by atoms with E-state index in [4.69, 9.17) is 23.0 Å². The number of halogens is 3. The van der Waals surface area contributed by atoms with Crippen LogP contribution >= 0.6 is 22.6 Å². The Kier molecular flexibility index (Phi) is 18.4. The molecule has 81 heavy (non-hydrogen) atoms. The van der Waals surface area contributed by atoms with Crippen molar-refractivity contribution in [3.8, 4) is 22.9 Å². The van der Waals surface area contributed by atoms with Gasteiger partial charge < -0.3 is 41.3 Å². The van der Waals surface area contributed by atoms with E-state index in [0.717, 1.165) is 87.4 Å². The van der Waals surface area contributed by atoms with Gasteiger partial charge >= 0.3 is 0 Å². The molecule has 7 N–H and O–H groups in total. The van der Waals surface area contributed by atoms with Crippen molar-refractivity contribution in [2.45, 2.75) is 140 Å². The molecule has 0 aliphatic carbocycles. The molecule has 4 fully saturated rings. The number of nitrogens with one attached hydrogen (secondary N) is 4. The van der Waals surface area contributed by atoms with Crippen LogP contribution in [0.2, 0.25) is 0 Å². The van der Waals surface area contributed by atoms with Gasteiger partial charge in [-0.05, 0) is 138 Å². The number of hydrogen-bond acceptors (Lipinski definition) is 20. The molecule has 0 saturated carbocycles. The van der Waals surface area contributed by atoms with E-state index in [1.54, 1.807) is 6.92 Å². The average Bonchev–Trinajstić information content (AvgIpc) is 4.47. The Balaban J connectivity index is 0.000000197. The SMILES string of the molecule is C[C@@H](O)CI.[C-]#[N+]c1cnc(Nc2cc(-n3nnn(C)[n+]3=O)c(O)cc2F)nc1N[C@@H]1C[C@@H]2CCCN2C(C)(C)C1.[C-]#[N+]c1cnc(Nc2cc(-n3nnn(C)[n+]3=O)c(OC[C@@H](C)O)cc2F)nc1N[C@@H]1C[C@@H]2CCCN2C(C)(C)C1. The van der Waals surface area contributed by atoms with Crippen LogP contribution in [0.25, 0.3) is 21.1 Å². The number of fused-ring (bicyclic) bond motifs is 2. The van der Waals surface area contributed by atoms with E-state index in [-0.39, 0.29) is 92.3 Å². The topological polar surface area (TPSA) is 302 Å². The molecule has 6 aromatic rings. The summed E-state index contributed by atoms with van der Waals surface area (Å²) in [5.41, 5.74) is 0.423. The molecule has 0 amide bonds. The number of anilines is 6. The first-order valence-electron chi connectivity index (χ1n) is 26.3. The Morgan fingerprint density at radius 3 is 1.60 bits per heavy atom. The van der Waals surface area contributed by atoms with Crippen molar-refractivity contribution in [2.75, 3.05) is 45.4 Å². The highest BCUT2D eigenvalue weighted by Gasteiger charge is 2.44. The lowest BCUT2D eigenvalue weighted by Gasteiger charge is -2.48. The van der Waals surface area contributed by atoms with E-state index < -0.39 is 23.5 Å². The first kappa shape index (κ1) is 59.5. The molecular weight excluding hydrogens is 1170 g/mol. The van der Waals surface area contributed by atoms with E-state index in [1.807, 2.05) is 0 Å². The van der Waals surface area contributed by atoms with E-state index in [2.05, 4.69) is 132 Å². The summed E-state index contributed by atoms with van der Waals surface area (Å²) >= 11 is 2.13. The van der Waals surface area contributed by atoms with E-state index >= 15 is 4.39 Å². The third-order valence-corrected chi connectivity index (χ3v) is 15.7. The number of nitrogens with zero attached hydrogens (tertiary/aromatic N) is 18. The van der Waals surface area contributed by atoms with Crippen molar-refractivity contribution in [1.82, 2.24) is 69.8 Å². The van der Waals surface area contributed by atoms with Gasteiger partial charge in [0.1, 0.15) is 24.0 Å². The lowest BCUT2D eigenvalue weighted by Crippen LogP contribution is -2.55. The van der Waals surface area contributed by atoms with Gasteiger partial charge in [0.15, 0.2) is 38.1 Å². The number of aliphatic hydroxyl groups excluding tert-OH is 2. The highest BCUT2D eigenvalue weighted by molar-refractivity contribution is 14.1. The molecule has 0 spiro atoms. The summed E-state index contributed by atoms with van der Waals surface area (Å²) in [5.74, 6) is -1.17. The van der Waals surface area contributed by atoms with Crippen LogP contribution in [0.15, 0.2) is 36.7 Å². The second-order valence-corrected chi connectivity index (χ2v) is 22.6. The number of aromatic hydroxyl groups is 1. The third kappa shape index (κ3) is 13.8. The first-order valence-corrected chi connectivity index (χ1v) is 27.9. The predicted octanol–water partition coefficient (Wildman–Crippen LogP) is 5.39. The molecule has 4 aromatic heterocycles. The maximum absolute atomic E-state index is 15.2. The minimum absolute atomic E-state index is 0.0217. The van der Waals surface area contributed by atoms with Crippen molar-refractivity contribution >= 4 is 68.9 Å². The number of phenols is 1. The number of rotatable bonds is 14. The van der Waals surface area contributed by atoms with Crippen molar-refractivity contribution in [3.05, 3.63) is 80.9 Å². The van der Waals surface area contributed by atoms with Crippen molar-refractivity contribution in [2.24, 2.45) is 14.1 Å². The zero-order valence-electron chi connectivity index (χ0n) is 46.2. The van der Waals surface area contributed by atoms with Gasteiger partial charge in [-0.25, -0.2) is 38.4 Å². The van der Waals surface area contributed by atoms with Crippen LogP contribution in [-0.2, 0) is 14.1 Å². The lowest BCUT2D eigenvalue weighted by molar-refractivity contribution is -0.675. The Morgan fingerprint density at radius 1 is 0.741 bits per heavy atom. The second kappa shape index (κ2) is 25.0. The number of aryl methyl sites for hydroxylation is 2. The molecule has 10 rings (SSSR count). The Bertz CT molecular complexity index is 3430. The van der Waals surface area contributed by atoms with Crippen molar-refractivity contribution in [3.63, 3.8) is 0 Å². The largest absolute Gasteiger partial charge is 0.505 e. The average molecular weight is 1240 g/mol. The minimum Gasteiger partial charge on any atom is -0.505 e. The van der Waals surface area contributed by atoms with Gasteiger partial charge in [0.25, 0.3) is 0 Å². The normalized spacial score (nSPS) is 20.6. The van der Waals surface area contributed by atoms with Gasteiger partial charge in [-0.1, -0.05) is 22.6 Å². The Morgan fingerprint density at radius 2 is 1.19 bits per heavy atom. The molecule has 4 saturated heterocycles. The summed E-state index contributed by atoms with van der Waals surface area (Å²) in [7, 11) is 2.77. The van der Waals surface area contributed by atoms with Crippen LogP contribution in [0.5, 0.6) is 11.5 Å². The number of piperidine rings is 2. The maximum Gasteiger partial charge on any atom is 0.246 e. The highest BCUT2D eigenvalue weighted by Crippen LogP contribution is 2.41. The van der Waals surface area contributed by atoms with Crippen LogP contribution in [-0.4, -0.2) is 157 Å². The van der Waals surface area contributed by atoms with Gasteiger partial charge in [0, 0.05) is 73.8 Å². The van der Waals surface area contributed by atoms with E-state index in [1.165, 1.54) is 58.4 Å². The summed E-state index contributed by atoms with van der Waals surface area (Å²) in [6.07, 6.45) is 10.2. The fourth-order valence-electron chi connectivity index (χ4n) is 10.9. The fraction of sp³-hybridized carbons (Fsp3) is 0.560. The Labute approximate surface area is 478 Å². The standard InChI is InChI=1S/C25H33FN11O3.C22H26FN11O2.C3H7IO/c1-15(38)14-40-22-10-18(26)19(11-21(22)36-33-32-34(5)37(36)39)30-24-28-13-20(27-4)23(31-24)29-16-9-17-7-6-8-35(17)25(2,3)12-16;1-22(2)11-13(8-14-6-5-7-32(14)22)26-20-17(24-3)12-25-21(28-20)27-16-10-18(19(35)9-15(16)23)33-30-29-31(4)34(33)36;1-3(5)2-4/h10-11,13,15-17,38H,6-9,12,14H2,1-3,5H3,(H2,28,29,30,31);9-10,12-14H,5-8,11H2,1-2,4H3,(H2-,25,26,27,28,29,30,35);3,5H,2H2,1H3/q+1;;/p+1/t15-,16-,17+;13-,14+;3-/m111/s1. The van der Waals surface area contributed by atoms with Crippen LogP contribution in [0.4, 0.5) is 55.1 Å². The molecule has 8 heterocycles. The minimum atomic E-state index is -0.827. The number of ether oxygens (including phenoxy) is 1. The Hall–Kier alpha value is -7.59. The summed E-state index contributed by atoms with van der Waals surface area (Å²) in [6, 6.07) is 5.66. The molecular formula is C50H67F2IN22O6+2. The van der Waals surface area contributed by atoms with Gasteiger partial charge in [0.2, 0.25) is 44.1 Å². The van der Waals surface area contributed by atoms with Crippen LogP contribution in [0.1, 0.15) is 92.9 Å². The molecule has 0 bridgehead atoms. The molecule has 0 unspecified atom stereocenters. The lowest BCUT2D eigenvalue weighted by atomic mass is 9.84. The smallest absolute Gasteiger partial charge is 0.246 e. The number of hydrogen-bond donors (Lipinski definition) is 7. The molecule has 4 aliphatic rings. The van der Waals surface area contributed by atoms with Gasteiger partial charge in [0.05, 0.1) is 50.8 Å². The van der Waals surface area contributed by atoms with Crippen LogP contribution in [0.3, 0.4) is 0 Å².